The highest BCUT2D eigenvalue weighted by Gasteiger charge is 2.21. The molecule has 30 heavy (non-hydrogen) atoms. The molecule has 5 nitrogen and oxygen atoms in total. The van der Waals surface area contributed by atoms with Crippen molar-refractivity contribution in [2.75, 3.05) is 5.32 Å². The number of pyridine rings is 1. The highest BCUT2D eigenvalue weighted by atomic mass is 32.2. The van der Waals surface area contributed by atoms with Gasteiger partial charge in [-0.1, -0.05) is 36.0 Å². The molecular weight excluding hydrogens is 394 g/mol. The van der Waals surface area contributed by atoms with Crippen LogP contribution in [0.25, 0.3) is 11.1 Å². The quantitative estimate of drug-likeness (QED) is 0.538. The van der Waals surface area contributed by atoms with Gasteiger partial charge >= 0.3 is 0 Å². The van der Waals surface area contributed by atoms with Gasteiger partial charge in [0.1, 0.15) is 0 Å². The molecule has 3 aromatic rings. The number of nitrogens with one attached hydrogen (secondary N) is 1. The zero-order valence-electron chi connectivity index (χ0n) is 16.6. The molecule has 1 saturated carbocycles. The van der Waals surface area contributed by atoms with Crippen molar-refractivity contribution in [3.8, 4) is 11.1 Å². The first-order valence-electron chi connectivity index (χ1n) is 10.2. The number of aliphatic hydroxyl groups is 1. The number of amides is 1. The van der Waals surface area contributed by atoms with Crippen molar-refractivity contribution in [1.29, 1.82) is 0 Å². The number of carbonyl (C=O) groups excluding carboxylic acids is 1. The summed E-state index contributed by atoms with van der Waals surface area (Å²) in [6.07, 6.45) is 6.65. The molecule has 1 aromatic heterocycles. The van der Waals surface area contributed by atoms with E-state index in [2.05, 4.69) is 22.4 Å². The number of anilines is 1. The topological polar surface area (TPSA) is 88.2 Å². The van der Waals surface area contributed by atoms with Crippen molar-refractivity contribution in [2.45, 2.75) is 47.6 Å². The Morgan fingerprint density at radius 3 is 2.50 bits per heavy atom. The standard InChI is InChI=1S/C24H25N3O2S/c25-24(29)21-10-5-16(15-22(21)27-17-6-8-18(28)9-7-17)20-3-1-2-4-23(20)30-19-11-13-26-14-12-19/h1-5,10-15,17-18,27-28H,6-9H2,(H2,25,29). The molecule has 1 amide bonds. The number of nitrogens with two attached hydrogens (primary N) is 1. The highest BCUT2D eigenvalue weighted by Crippen LogP contribution is 2.37. The smallest absolute Gasteiger partial charge is 0.250 e. The molecule has 0 spiro atoms. The van der Waals surface area contributed by atoms with E-state index in [9.17, 15) is 9.90 Å². The van der Waals surface area contributed by atoms with E-state index in [1.54, 1.807) is 30.2 Å². The van der Waals surface area contributed by atoms with Gasteiger partial charge in [0.25, 0.3) is 5.91 Å². The van der Waals surface area contributed by atoms with Crippen LogP contribution in [-0.4, -0.2) is 28.1 Å². The van der Waals surface area contributed by atoms with E-state index in [1.807, 2.05) is 36.4 Å². The van der Waals surface area contributed by atoms with Crippen molar-refractivity contribution in [3.63, 3.8) is 0 Å². The molecule has 0 saturated heterocycles. The van der Waals surface area contributed by atoms with Crippen molar-refractivity contribution < 1.29 is 9.90 Å². The Kier molecular flexibility index (Phi) is 6.35. The average molecular weight is 420 g/mol. The summed E-state index contributed by atoms with van der Waals surface area (Å²) in [5.41, 5.74) is 9.00. The Bertz CT molecular complexity index is 1020. The molecule has 2 aromatic carbocycles. The number of benzene rings is 2. The molecule has 0 aliphatic heterocycles. The van der Waals surface area contributed by atoms with Gasteiger partial charge in [0.2, 0.25) is 0 Å². The lowest BCUT2D eigenvalue weighted by Gasteiger charge is -2.28. The van der Waals surface area contributed by atoms with Crippen LogP contribution in [0.5, 0.6) is 0 Å². The number of primary amides is 1. The van der Waals surface area contributed by atoms with E-state index in [0.29, 0.717) is 5.56 Å². The van der Waals surface area contributed by atoms with E-state index in [1.165, 1.54) is 0 Å². The third kappa shape index (κ3) is 4.83. The molecule has 0 unspecified atom stereocenters. The number of aliphatic hydroxyl groups excluding tert-OH is 1. The van der Waals surface area contributed by atoms with Crippen molar-refractivity contribution in [3.05, 3.63) is 72.6 Å². The van der Waals surface area contributed by atoms with Crippen LogP contribution in [-0.2, 0) is 0 Å². The summed E-state index contributed by atoms with van der Waals surface area (Å²) in [7, 11) is 0. The Balaban J connectivity index is 1.66. The number of hydrogen-bond acceptors (Lipinski definition) is 5. The Labute approximate surface area is 180 Å². The lowest BCUT2D eigenvalue weighted by molar-refractivity contribution is 0.100. The van der Waals surface area contributed by atoms with Gasteiger partial charge in [-0.15, -0.1) is 0 Å². The number of carbonyl (C=O) groups is 1. The molecule has 1 fully saturated rings. The largest absolute Gasteiger partial charge is 0.393 e. The minimum atomic E-state index is -0.445. The second-order valence-corrected chi connectivity index (χ2v) is 8.67. The van der Waals surface area contributed by atoms with Crippen LogP contribution >= 0.6 is 11.8 Å². The number of hydrogen-bond donors (Lipinski definition) is 3. The minimum absolute atomic E-state index is 0.220. The summed E-state index contributed by atoms with van der Waals surface area (Å²) < 4.78 is 0. The van der Waals surface area contributed by atoms with Crippen LogP contribution in [0.3, 0.4) is 0 Å². The maximum absolute atomic E-state index is 12.0. The zero-order chi connectivity index (χ0) is 20.9. The van der Waals surface area contributed by atoms with E-state index >= 15 is 0 Å². The number of aromatic nitrogens is 1. The van der Waals surface area contributed by atoms with Gasteiger partial charge < -0.3 is 16.2 Å². The van der Waals surface area contributed by atoms with Crippen LogP contribution in [0.2, 0.25) is 0 Å². The predicted octanol–water partition coefficient (Wildman–Crippen LogP) is 4.71. The molecule has 0 bridgehead atoms. The van der Waals surface area contributed by atoms with Gasteiger partial charge in [-0.05, 0) is 67.1 Å². The van der Waals surface area contributed by atoms with Crippen LogP contribution in [0.15, 0.2) is 76.8 Å². The molecule has 4 rings (SSSR count). The van der Waals surface area contributed by atoms with Gasteiger partial charge in [0.15, 0.2) is 0 Å². The lowest BCUT2D eigenvalue weighted by Crippen LogP contribution is -2.29. The molecule has 0 atom stereocenters. The molecule has 1 aliphatic rings. The van der Waals surface area contributed by atoms with E-state index in [0.717, 1.165) is 52.3 Å². The Morgan fingerprint density at radius 2 is 1.77 bits per heavy atom. The molecule has 4 N–H and O–H groups in total. The first-order valence-corrected chi connectivity index (χ1v) is 11.0. The molecule has 1 aliphatic carbocycles. The minimum Gasteiger partial charge on any atom is -0.393 e. The van der Waals surface area contributed by atoms with Crippen molar-refractivity contribution in [2.24, 2.45) is 5.73 Å². The van der Waals surface area contributed by atoms with E-state index < -0.39 is 5.91 Å². The first kappa shape index (κ1) is 20.4. The van der Waals surface area contributed by atoms with Crippen LogP contribution in [0, 0.1) is 0 Å². The maximum Gasteiger partial charge on any atom is 0.250 e. The summed E-state index contributed by atoms with van der Waals surface area (Å²) in [6.45, 7) is 0. The van der Waals surface area contributed by atoms with E-state index in [4.69, 9.17) is 5.73 Å². The van der Waals surface area contributed by atoms with E-state index in [-0.39, 0.29) is 12.1 Å². The van der Waals surface area contributed by atoms with Crippen LogP contribution in [0.1, 0.15) is 36.0 Å². The van der Waals surface area contributed by atoms with Crippen molar-refractivity contribution in [1.82, 2.24) is 4.98 Å². The Morgan fingerprint density at radius 1 is 1.03 bits per heavy atom. The molecule has 1 heterocycles. The fourth-order valence-corrected chi connectivity index (χ4v) is 4.77. The molecule has 154 valence electrons. The van der Waals surface area contributed by atoms with Gasteiger partial charge in [-0.25, -0.2) is 0 Å². The van der Waals surface area contributed by atoms with Crippen LogP contribution < -0.4 is 11.1 Å². The highest BCUT2D eigenvalue weighted by molar-refractivity contribution is 7.99. The van der Waals surface area contributed by atoms with Gasteiger partial charge in [0.05, 0.1) is 11.7 Å². The van der Waals surface area contributed by atoms with Gasteiger partial charge in [0, 0.05) is 33.9 Å². The SMILES string of the molecule is NC(=O)c1ccc(-c2ccccc2Sc2ccncc2)cc1NC1CCC(O)CC1. The summed E-state index contributed by atoms with van der Waals surface area (Å²) in [5, 5.41) is 13.3. The second-order valence-electron chi connectivity index (χ2n) is 7.56. The second kappa shape index (κ2) is 9.32. The fourth-order valence-electron chi connectivity index (χ4n) is 3.81. The molecular formula is C24H25N3O2S. The predicted molar refractivity (Wildman–Crippen MR) is 121 cm³/mol. The van der Waals surface area contributed by atoms with Crippen molar-refractivity contribution >= 4 is 23.4 Å². The number of nitrogens with zero attached hydrogens (tertiary/aromatic N) is 1. The first-order chi connectivity index (χ1) is 14.6. The van der Waals surface area contributed by atoms with Crippen LogP contribution in [0.4, 0.5) is 5.69 Å². The third-order valence-electron chi connectivity index (χ3n) is 5.42. The zero-order valence-corrected chi connectivity index (χ0v) is 17.4. The number of rotatable bonds is 6. The third-order valence-corrected chi connectivity index (χ3v) is 6.50. The fraction of sp³-hybridized carbons (Fsp3) is 0.250. The summed E-state index contributed by atoms with van der Waals surface area (Å²) in [6, 6.07) is 18.2. The summed E-state index contributed by atoms with van der Waals surface area (Å²) in [5.74, 6) is -0.445. The van der Waals surface area contributed by atoms with Gasteiger partial charge in [-0.2, -0.15) is 0 Å². The summed E-state index contributed by atoms with van der Waals surface area (Å²) in [4.78, 5) is 18.3. The molecule has 6 heteroatoms. The lowest BCUT2D eigenvalue weighted by atomic mass is 9.92. The van der Waals surface area contributed by atoms with Gasteiger partial charge in [-0.3, -0.25) is 9.78 Å². The molecule has 0 radical (unpaired) electrons. The maximum atomic E-state index is 12.0. The Hall–Kier alpha value is -2.83. The monoisotopic (exact) mass is 419 g/mol. The summed E-state index contributed by atoms with van der Waals surface area (Å²) >= 11 is 1.68. The average Bonchev–Trinajstić information content (AvgIpc) is 2.76. The normalized spacial score (nSPS) is 18.7.